The van der Waals surface area contributed by atoms with Crippen LogP contribution in [0, 0.1) is 0 Å². The van der Waals surface area contributed by atoms with E-state index in [0.717, 1.165) is 30.9 Å². The summed E-state index contributed by atoms with van der Waals surface area (Å²) in [4.78, 5) is 4.39. The summed E-state index contributed by atoms with van der Waals surface area (Å²) >= 11 is 0. The second-order valence-corrected chi connectivity index (χ2v) is 8.44. The number of rotatable bonds is 5. The van der Waals surface area contributed by atoms with Gasteiger partial charge >= 0.3 is 0 Å². The van der Waals surface area contributed by atoms with Crippen molar-refractivity contribution in [3.8, 4) is 5.75 Å². The first-order chi connectivity index (χ1) is 11.0. The molecular weight excluding hydrogens is 316 g/mol. The predicted molar refractivity (Wildman–Crippen MR) is 88.3 cm³/mol. The predicted octanol–water partition coefficient (Wildman–Crippen LogP) is -0.0293. The lowest BCUT2D eigenvalue weighted by Gasteiger charge is -2.43. The maximum absolute atomic E-state index is 12.1. The van der Waals surface area contributed by atoms with Gasteiger partial charge in [0.25, 0.3) is 0 Å². The fourth-order valence-electron chi connectivity index (χ4n) is 3.66. The van der Waals surface area contributed by atoms with Crippen LogP contribution < -0.4 is 4.74 Å². The molecule has 2 aliphatic heterocycles. The Hall–Kier alpha value is -1.15. The van der Waals surface area contributed by atoms with Crippen molar-refractivity contribution >= 4 is 9.84 Å². The molecule has 0 amide bonds. The van der Waals surface area contributed by atoms with E-state index in [1.54, 1.807) is 7.11 Å². The van der Waals surface area contributed by atoms with Crippen molar-refractivity contribution in [1.29, 1.82) is 0 Å². The molecule has 0 radical (unpaired) electrons. The van der Waals surface area contributed by atoms with Crippen molar-refractivity contribution in [2.24, 2.45) is 0 Å². The van der Waals surface area contributed by atoms with Crippen molar-refractivity contribution < 1.29 is 18.3 Å². The van der Waals surface area contributed by atoms with Crippen molar-refractivity contribution in [1.82, 2.24) is 9.80 Å². The van der Waals surface area contributed by atoms with Crippen LogP contribution in [0.25, 0.3) is 0 Å². The zero-order valence-electron chi connectivity index (χ0n) is 13.4. The second-order valence-electron chi connectivity index (χ2n) is 6.29. The topological polar surface area (TPSA) is 70.1 Å². The Labute approximate surface area is 137 Å². The maximum Gasteiger partial charge on any atom is 0.153 e. The highest BCUT2D eigenvalue weighted by atomic mass is 32.2. The minimum atomic E-state index is -3.00. The van der Waals surface area contributed by atoms with Crippen LogP contribution in [-0.4, -0.2) is 80.3 Å². The third-order valence-corrected chi connectivity index (χ3v) is 6.54. The lowest BCUT2D eigenvalue weighted by atomic mass is 10.0. The number of hydrogen-bond donors (Lipinski definition) is 1. The van der Waals surface area contributed by atoms with Gasteiger partial charge in [-0.05, 0) is 17.7 Å². The van der Waals surface area contributed by atoms with Crippen molar-refractivity contribution in [3.05, 3.63) is 29.8 Å². The summed E-state index contributed by atoms with van der Waals surface area (Å²) in [5.41, 5.74) is 1.16. The Morgan fingerprint density at radius 3 is 2.35 bits per heavy atom. The molecule has 0 aliphatic carbocycles. The molecule has 6 nitrogen and oxygen atoms in total. The number of aliphatic hydroxyl groups is 1. The third-order valence-electron chi connectivity index (χ3n) is 4.84. The highest BCUT2D eigenvalue weighted by Crippen LogP contribution is 2.28. The van der Waals surface area contributed by atoms with Crippen LogP contribution in [0.3, 0.4) is 0 Å². The quantitative estimate of drug-likeness (QED) is 0.812. The summed E-state index contributed by atoms with van der Waals surface area (Å²) in [6, 6.07) is 7.93. The Bertz CT molecular complexity index is 632. The first-order valence-corrected chi connectivity index (χ1v) is 9.77. The zero-order valence-corrected chi connectivity index (χ0v) is 14.2. The smallest absolute Gasteiger partial charge is 0.153 e. The summed E-state index contributed by atoms with van der Waals surface area (Å²) in [6.45, 7) is 2.98. The zero-order chi connectivity index (χ0) is 16.4. The fraction of sp³-hybridized carbons (Fsp3) is 0.625. The summed E-state index contributed by atoms with van der Waals surface area (Å²) in [5, 5.41) is 9.20. The van der Waals surface area contributed by atoms with E-state index in [2.05, 4.69) is 9.80 Å². The van der Waals surface area contributed by atoms with Crippen LogP contribution in [0.1, 0.15) is 5.56 Å². The van der Waals surface area contributed by atoms with Crippen LogP contribution in [0.15, 0.2) is 24.3 Å². The minimum absolute atomic E-state index is 0.000789. The molecule has 0 spiro atoms. The summed E-state index contributed by atoms with van der Waals surface area (Å²) < 4.78 is 29.4. The van der Waals surface area contributed by atoms with Crippen LogP contribution in [0.5, 0.6) is 5.75 Å². The largest absolute Gasteiger partial charge is 0.497 e. The van der Waals surface area contributed by atoms with E-state index in [-0.39, 0.29) is 30.2 Å². The van der Waals surface area contributed by atoms with Crippen molar-refractivity contribution in [2.75, 3.05) is 44.9 Å². The molecule has 0 aromatic heterocycles. The van der Waals surface area contributed by atoms with E-state index in [9.17, 15) is 13.5 Å². The van der Waals surface area contributed by atoms with E-state index in [0.29, 0.717) is 6.54 Å². The van der Waals surface area contributed by atoms with Crippen LogP contribution in [0.4, 0.5) is 0 Å². The molecule has 2 heterocycles. The first-order valence-electron chi connectivity index (χ1n) is 7.95. The molecule has 1 aromatic carbocycles. The maximum atomic E-state index is 12.1. The van der Waals surface area contributed by atoms with Gasteiger partial charge in [0.2, 0.25) is 0 Å². The highest BCUT2D eigenvalue weighted by molar-refractivity contribution is 7.91. The second kappa shape index (κ2) is 6.76. The van der Waals surface area contributed by atoms with Crippen molar-refractivity contribution in [2.45, 2.75) is 18.6 Å². The van der Waals surface area contributed by atoms with Gasteiger partial charge in [-0.1, -0.05) is 12.1 Å². The summed E-state index contributed by atoms with van der Waals surface area (Å²) in [6.07, 6.45) is 0. The SMILES string of the molecule is COc1ccc(CN2CCN(CCO)[C@@H]3CS(=O)(=O)C[C@@H]32)cc1. The molecule has 0 saturated carbocycles. The van der Waals surface area contributed by atoms with E-state index < -0.39 is 9.84 Å². The van der Waals surface area contributed by atoms with E-state index in [1.165, 1.54) is 0 Å². The summed E-state index contributed by atoms with van der Waals surface area (Å²) in [5.74, 6) is 1.25. The van der Waals surface area contributed by atoms with Gasteiger partial charge in [0.05, 0.1) is 25.2 Å². The van der Waals surface area contributed by atoms with Gasteiger partial charge in [0, 0.05) is 38.3 Å². The standard InChI is InChI=1S/C16H24N2O4S/c1-22-14-4-2-13(3-5-14)10-18-7-6-17(8-9-19)15-11-23(20,21)12-16(15)18/h2-5,15-16,19H,6-12H2,1H3/t15-,16+/m1/s1. The van der Waals surface area contributed by atoms with Gasteiger partial charge in [-0.3, -0.25) is 9.80 Å². The number of benzene rings is 1. The minimum Gasteiger partial charge on any atom is -0.497 e. The molecule has 2 aliphatic rings. The lowest BCUT2D eigenvalue weighted by molar-refractivity contribution is 0.0307. The monoisotopic (exact) mass is 340 g/mol. The third kappa shape index (κ3) is 3.68. The van der Waals surface area contributed by atoms with E-state index in [4.69, 9.17) is 4.74 Å². The van der Waals surface area contributed by atoms with Gasteiger partial charge in [0.1, 0.15) is 5.75 Å². The van der Waals surface area contributed by atoms with Gasteiger partial charge in [-0.2, -0.15) is 0 Å². The van der Waals surface area contributed by atoms with Crippen LogP contribution >= 0.6 is 0 Å². The molecule has 1 N–H and O–H groups in total. The molecule has 2 fully saturated rings. The van der Waals surface area contributed by atoms with Gasteiger partial charge in [-0.15, -0.1) is 0 Å². The number of β-amino-alcohol motifs (C(OH)–C–C–N with tert-alkyl or cyclic N) is 1. The summed E-state index contributed by atoms with van der Waals surface area (Å²) in [7, 11) is -1.36. The molecule has 7 heteroatoms. The fourth-order valence-corrected chi connectivity index (χ4v) is 5.71. The number of fused-ring (bicyclic) bond motifs is 1. The molecule has 0 unspecified atom stereocenters. The lowest BCUT2D eigenvalue weighted by Crippen LogP contribution is -2.59. The number of piperazine rings is 1. The Kier molecular flexibility index (Phi) is 4.91. The average Bonchev–Trinajstić information content (AvgIpc) is 2.86. The molecule has 2 atom stereocenters. The number of nitrogens with zero attached hydrogens (tertiary/aromatic N) is 2. The molecule has 128 valence electrons. The molecular formula is C16H24N2O4S. The van der Waals surface area contributed by atoms with Gasteiger partial charge in [-0.25, -0.2) is 8.42 Å². The number of ether oxygens (including phenoxy) is 1. The molecule has 0 bridgehead atoms. The van der Waals surface area contributed by atoms with Gasteiger partial charge < -0.3 is 9.84 Å². The van der Waals surface area contributed by atoms with Gasteiger partial charge in [0.15, 0.2) is 9.84 Å². The number of hydrogen-bond acceptors (Lipinski definition) is 6. The molecule has 3 rings (SSSR count). The number of methoxy groups -OCH3 is 1. The highest BCUT2D eigenvalue weighted by Gasteiger charge is 2.46. The van der Waals surface area contributed by atoms with Crippen LogP contribution in [-0.2, 0) is 16.4 Å². The number of sulfone groups is 1. The Morgan fingerprint density at radius 2 is 1.74 bits per heavy atom. The molecule has 1 aromatic rings. The first kappa shape index (κ1) is 16.7. The van der Waals surface area contributed by atoms with E-state index >= 15 is 0 Å². The molecule has 2 saturated heterocycles. The molecule has 23 heavy (non-hydrogen) atoms. The van der Waals surface area contributed by atoms with Crippen molar-refractivity contribution in [3.63, 3.8) is 0 Å². The van der Waals surface area contributed by atoms with Crippen LogP contribution in [0.2, 0.25) is 0 Å². The Morgan fingerprint density at radius 1 is 1.13 bits per heavy atom. The Balaban J connectivity index is 1.75. The normalized spacial score (nSPS) is 27.7. The average molecular weight is 340 g/mol. The number of aliphatic hydroxyl groups excluding tert-OH is 1. The van der Waals surface area contributed by atoms with E-state index in [1.807, 2.05) is 24.3 Å².